The van der Waals surface area contributed by atoms with Crippen molar-refractivity contribution in [2.45, 2.75) is 65.5 Å². The van der Waals surface area contributed by atoms with Crippen LogP contribution >= 0.6 is 0 Å². The molecule has 3 heterocycles. The van der Waals surface area contributed by atoms with Gasteiger partial charge in [-0.1, -0.05) is 73.6 Å². The van der Waals surface area contributed by atoms with Crippen molar-refractivity contribution in [3.05, 3.63) is 110 Å². The molecule has 3 aromatic carbocycles. The summed E-state index contributed by atoms with van der Waals surface area (Å²) in [6, 6.07) is 21.9. The molecule has 43 heavy (non-hydrogen) atoms. The molecule has 0 amide bonds. The maximum atomic E-state index is 14.2. The number of ether oxygens (including phenoxy) is 1. The third-order valence-corrected chi connectivity index (χ3v) is 7.71. The minimum absolute atomic E-state index is 0. The summed E-state index contributed by atoms with van der Waals surface area (Å²) >= 11 is 0. The fraction of sp³-hybridized carbons (Fsp3) is 0.294. The Kier molecular flexibility index (Phi) is 9.39. The number of aryl methyl sites for hydroxylation is 2. The number of nitrogens with zero attached hydrogens (tertiary/aromatic N) is 3. The summed E-state index contributed by atoms with van der Waals surface area (Å²) in [7, 11) is 0. The maximum Gasteiger partial charge on any atom is 0.439 e. The Morgan fingerprint density at radius 3 is 2.35 bits per heavy atom. The first kappa shape index (κ1) is 31.3. The van der Waals surface area contributed by atoms with Gasteiger partial charge < -0.3 is 4.74 Å². The van der Waals surface area contributed by atoms with E-state index in [0.717, 1.165) is 69.9 Å². The number of hydrogen-bond donors (Lipinski definition) is 1. The molecule has 8 nitrogen and oxygen atoms in total. The molecule has 0 bridgehead atoms. The Bertz CT molecular complexity index is 1890. The number of benzene rings is 3. The Morgan fingerprint density at radius 2 is 1.67 bits per heavy atom. The first-order valence-electron chi connectivity index (χ1n) is 14.5. The van der Waals surface area contributed by atoms with Gasteiger partial charge in [-0.3, -0.25) is 18.9 Å². The molecule has 215 valence electrons. The first-order chi connectivity index (χ1) is 20.3. The van der Waals surface area contributed by atoms with Crippen molar-refractivity contribution >= 4 is 51.4 Å². The zero-order valence-electron chi connectivity index (χ0n) is 25.4. The van der Waals surface area contributed by atoms with E-state index in [1.165, 1.54) is 0 Å². The van der Waals surface area contributed by atoms with E-state index >= 15 is 0 Å². The molecule has 9 heteroatoms. The van der Waals surface area contributed by atoms with E-state index in [4.69, 9.17) is 14.2 Å². The Labute approximate surface area is 292 Å². The van der Waals surface area contributed by atoms with Crippen molar-refractivity contribution in [2.24, 2.45) is 0 Å². The van der Waals surface area contributed by atoms with Gasteiger partial charge in [0, 0.05) is 69.8 Å². The second-order valence-electron chi connectivity index (χ2n) is 11.4. The van der Waals surface area contributed by atoms with Crippen molar-refractivity contribution in [2.75, 3.05) is 0 Å². The van der Waals surface area contributed by atoms with Crippen LogP contribution in [-0.4, -0.2) is 76.7 Å². The zero-order chi connectivity index (χ0) is 29.4. The number of aromatic amines is 1. The van der Waals surface area contributed by atoms with Gasteiger partial charge >= 0.3 is 5.76 Å². The average molecular weight is 602 g/mol. The van der Waals surface area contributed by atoms with Crippen LogP contribution in [-0.2, 0) is 25.8 Å². The molecule has 1 N–H and O–H groups in total. The largest absolute Gasteiger partial charge is 0.487 e. The Balaban J connectivity index is 0.00000368. The predicted molar refractivity (Wildman–Crippen MR) is 169 cm³/mol. The summed E-state index contributed by atoms with van der Waals surface area (Å²) in [5.41, 5.74) is 6.86. The maximum absolute atomic E-state index is 14.2. The second-order valence-corrected chi connectivity index (χ2v) is 11.4. The second kappa shape index (κ2) is 12.9. The molecule has 0 fully saturated rings. The molecule has 0 saturated heterocycles. The molecule has 1 aliphatic heterocycles. The van der Waals surface area contributed by atoms with E-state index in [9.17, 15) is 9.59 Å². The SMILES string of the molecule is CCCc1nc(CC)c(-c2ccc3c(c2)CC(C)(C)O3)c(=O)n1Cc1ccc(-c2ccccc2-c2noc(=O)[nH]2)cc1.[K]. The summed E-state index contributed by atoms with van der Waals surface area (Å²) in [5.74, 6) is 1.47. The van der Waals surface area contributed by atoms with Crippen molar-refractivity contribution < 1.29 is 9.26 Å². The van der Waals surface area contributed by atoms with Gasteiger partial charge in [0.2, 0.25) is 0 Å². The van der Waals surface area contributed by atoms with Gasteiger partial charge in [0.1, 0.15) is 17.2 Å². The molecule has 0 aliphatic carbocycles. The standard InChI is InChI=1S/C34H34N4O4.K/c1-5-9-29-35-27(6-2)30(23-16-17-28-24(18-23)19-34(3,4)41-28)32(39)38(29)20-21-12-14-22(15-13-21)25-10-7-8-11-26(25)31-36-33(40)42-37-31;/h7-8,10-18H,5-6,9,19-20H2,1-4H3,(H,36,37,40);. The zero-order valence-corrected chi connectivity index (χ0v) is 28.5. The molecule has 1 radical (unpaired) electrons. The molecule has 0 spiro atoms. The quantitative estimate of drug-likeness (QED) is 0.225. The number of fused-ring (bicyclic) bond motifs is 1. The predicted octanol–water partition coefficient (Wildman–Crippen LogP) is 5.82. The van der Waals surface area contributed by atoms with Gasteiger partial charge in [-0.05, 0) is 66.6 Å². The van der Waals surface area contributed by atoms with Crippen molar-refractivity contribution in [1.29, 1.82) is 0 Å². The average Bonchev–Trinajstić information content (AvgIpc) is 3.55. The van der Waals surface area contributed by atoms with E-state index in [0.29, 0.717) is 24.4 Å². The summed E-state index contributed by atoms with van der Waals surface area (Å²) < 4.78 is 12.6. The number of hydrogen-bond acceptors (Lipinski definition) is 6. The van der Waals surface area contributed by atoms with Gasteiger partial charge in [0.05, 0.1) is 17.8 Å². The van der Waals surface area contributed by atoms with Gasteiger partial charge in [0.15, 0.2) is 5.82 Å². The molecule has 5 aromatic rings. The molecule has 0 atom stereocenters. The third-order valence-electron chi connectivity index (χ3n) is 7.71. The van der Waals surface area contributed by atoms with Crippen molar-refractivity contribution in [3.8, 4) is 39.4 Å². The van der Waals surface area contributed by atoms with Crippen molar-refractivity contribution in [1.82, 2.24) is 19.7 Å². The Hall–Kier alpha value is -3.08. The fourth-order valence-electron chi connectivity index (χ4n) is 5.80. The van der Waals surface area contributed by atoms with Crippen LogP contribution in [0.25, 0.3) is 33.6 Å². The van der Waals surface area contributed by atoms with Crippen LogP contribution in [0.2, 0.25) is 0 Å². The number of nitrogens with one attached hydrogen (secondary N) is 1. The molecular weight excluding hydrogens is 567 g/mol. The normalized spacial score (nSPS) is 13.3. The topological polar surface area (TPSA) is 103 Å². The van der Waals surface area contributed by atoms with E-state index < -0.39 is 5.76 Å². The summed E-state index contributed by atoms with van der Waals surface area (Å²) in [5, 5.41) is 3.86. The molecule has 1 aliphatic rings. The number of rotatable bonds is 8. The number of aromatic nitrogens is 4. The third kappa shape index (κ3) is 6.42. The van der Waals surface area contributed by atoms with Crippen LogP contribution in [0.4, 0.5) is 0 Å². The van der Waals surface area contributed by atoms with Crippen LogP contribution in [0, 0.1) is 0 Å². The van der Waals surface area contributed by atoms with Gasteiger partial charge in [-0.2, -0.15) is 0 Å². The molecule has 0 unspecified atom stereocenters. The van der Waals surface area contributed by atoms with Crippen LogP contribution in [0.5, 0.6) is 5.75 Å². The monoisotopic (exact) mass is 601 g/mol. The van der Waals surface area contributed by atoms with Crippen LogP contribution in [0.15, 0.2) is 80.8 Å². The first-order valence-corrected chi connectivity index (χ1v) is 14.5. The Morgan fingerprint density at radius 1 is 0.953 bits per heavy atom. The fourth-order valence-corrected chi connectivity index (χ4v) is 5.80. The van der Waals surface area contributed by atoms with Gasteiger partial charge in [0.25, 0.3) is 5.56 Å². The van der Waals surface area contributed by atoms with Gasteiger partial charge in [-0.25, -0.2) is 9.78 Å². The van der Waals surface area contributed by atoms with E-state index in [1.807, 2.05) is 65.2 Å². The van der Waals surface area contributed by atoms with Gasteiger partial charge in [-0.15, -0.1) is 0 Å². The molecule has 6 rings (SSSR count). The van der Waals surface area contributed by atoms with Crippen molar-refractivity contribution in [3.63, 3.8) is 0 Å². The smallest absolute Gasteiger partial charge is 0.439 e. The summed E-state index contributed by atoms with van der Waals surface area (Å²) in [4.78, 5) is 33.4. The molecule has 2 aromatic heterocycles. The molecular formula is C34H34KN4O4. The summed E-state index contributed by atoms with van der Waals surface area (Å²) in [6.07, 6.45) is 3.08. The van der Waals surface area contributed by atoms with Crippen LogP contribution in [0.3, 0.4) is 0 Å². The molecule has 0 saturated carbocycles. The number of H-pyrrole nitrogens is 1. The van der Waals surface area contributed by atoms with Crippen LogP contribution < -0.4 is 16.1 Å². The van der Waals surface area contributed by atoms with E-state index in [2.05, 4.69) is 43.9 Å². The minimum atomic E-state index is -0.595. The van der Waals surface area contributed by atoms with Crippen LogP contribution in [0.1, 0.15) is 56.8 Å². The summed E-state index contributed by atoms with van der Waals surface area (Å²) in [6.45, 7) is 8.73. The van der Waals surface area contributed by atoms with E-state index in [-0.39, 0.29) is 62.5 Å². The minimum Gasteiger partial charge on any atom is -0.487 e. The van der Waals surface area contributed by atoms with E-state index in [1.54, 1.807) is 0 Å².